The summed E-state index contributed by atoms with van der Waals surface area (Å²) in [5.41, 5.74) is 2.69. The third-order valence-electron chi connectivity index (χ3n) is 4.46. The average Bonchev–Trinajstić information content (AvgIpc) is 3.03. The first kappa shape index (κ1) is 14.5. The quantitative estimate of drug-likeness (QED) is 0.749. The molecule has 2 heterocycles. The molecule has 2 aromatic carbocycles. The molecule has 1 aliphatic heterocycles. The number of pyridine rings is 1. The number of aryl methyl sites for hydroxylation is 1. The fourth-order valence-electron chi connectivity index (χ4n) is 3.25. The average molecular weight is 319 g/mol. The van der Waals surface area contributed by atoms with Gasteiger partial charge in [0.1, 0.15) is 0 Å². The van der Waals surface area contributed by atoms with Crippen molar-refractivity contribution in [3.63, 3.8) is 0 Å². The van der Waals surface area contributed by atoms with Gasteiger partial charge in [-0.25, -0.2) is 4.79 Å². The third-order valence-corrected chi connectivity index (χ3v) is 4.46. The zero-order chi connectivity index (χ0) is 16.7. The lowest BCUT2D eigenvalue weighted by Gasteiger charge is -2.19. The summed E-state index contributed by atoms with van der Waals surface area (Å²) in [6, 6.07) is 15.1. The number of anilines is 2. The summed E-state index contributed by atoms with van der Waals surface area (Å²) in [5, 5.41) is 4.31. The fourth-order valence-corrected chi connectivity index (χ4v) is 3.25. The highest BCUT2D eigenvalue weighted by atomic mass is 16.2. The molecule has 1 aromatic heterocycles. The monoisotopic (exact) mass is 319 g/mol. The Morgan fingerprint density at radius 2 is 1.75 bits per heavy atom. The Balaban J connectivity index is 1.72. The molecule has 0 bridgehead atoms. The first-order valence-electron chi connectivity index (χ1n) is 7.90. The predicted molar refractivity (Wildman–Crippen MR) is 95.7 cm³/mol. The minimum absolute atomic E-state index is 0.0740. The van der Waals surface area contributed by atoms with Crippen LogP contribution in [0, 0.1) is 0 Å². The number of urea groups is 1. The van der Waals surface area contributed by atoms with Crippen LogP contribution in [0.25, 0.3) is 10.8 Å². The Labute approximate surface area is 139 Å². The van der Waals surface area contributed by atoms with Crippen LogP contribution < -0.4 is 15.8 Å². The second-order valence-electron chi connectivity index (χ2n) is 5.96. The van der Waals surface area contributed by atoms with E-state index in [0.29, 0.717) is 17.6 Å². The fraction of sp³-hybridized carbons (Fsp3) is 0.158. The lowest BCUT2D eigenvalue weighted by molar-refractivity contribution is 0.257. The molecular weight excluding hydrogens is 302 g/mol. The minimum Gasteiger partial charge on any atom is -0.316 e. The summed E-state index contributed by atoms with van der Waals surface area (Å²) < 4.78 is 1.50. The SMILES string of the molecule is Cn1cc(NC(=O)N2CCc3ccccc32)c2ccccc2c1=O. The van der Waals surface area contributed by atoms with E-state index in [1.165, 1.54) is 10.1 Å². The van der Waals surface area contributed by atoms with Crippen LogP contribution in [0.15, 0.2) is 59.5 Å². The van der Waals surface area contributed by atoms with Crippen LogP contribution in [0.4, 0.5) is 16.2 Å². The smallest absolute Gasteiger partial charge is 0.316 e. The highest BCUT2D eigenvalue weighted by molar-refractivity contribution is 6.07. The van der Waals surface area contributed by atoms with Gasteiger partial charge in [0.05, 0.1) is 5.69 Å². The van der Waals surface area contributed by atoms with Crippen molar-refractivity contribution >= 4 is 28.2 Å². The lowest BCUT2D eigenvalue weighted by atomic mass is 10.1. The summed E-state index contributed by atoms with van der Waals surface area (Å²) in [5.74, 6) is 0. The van der Waals surface area contributed by atoms with Gasteiger partial charge in [-0.1, -0.05) is 36.4 Å². The molecule has 0 aliphatic carbocycles. The Kier molecular flexibility index (Phi) is 3.34. The number of carbonyl (C=O) groups is 1. The molecule has 0 saturated heterocycles. The molecule has 120 valence electrons. The van der Waals surface area contributed by atoms with Crippen molar-refractivity contribution in [2.24, 2.45) is 7.05 Å². The number of rotatable bonds is 1. The van der Waals surface area contributed by atoms with E-state index in [0.717, 1.165) is 17.5 Å². The van der Waals surface area contributed by atoms with Crippen molar-refractivity contribution in [1.29, 1.82) is 0 Å². The Hall–Kier alpha value is -3.08. The third kappa shape index (κ3) is 2.25. The number of aromatic nitrogens is 1. The number of para-hydroxylation sites is 1. The van der Waals surface area contributed by atoms with E-state index >= 15 is 0 Å². The van der Waals surface area contributed by atoms with Crippen LogP contribution in [-0.2, 0) is 13.5 Å². The zero-order valence-electron chi connectivity index (χ0n) is 13.3. The van der Waals surface area contributed by atoms with Crippen LogP contribution in [0.3, 0.4) is 0 Å². The summed E-state index contributed by atoms with van der Waals surface area (Å²) in [7, 11) is 1.69. The molecule has 1 N–H and O–H groups in total. The predicted octanol–water partition coefficient (Wildman–Crippen LogP) is 3.13. The standard InChI is InChI=1S/C19H17N3O2/c1-21-12-16(14-7-3-4-8-15(14)18(21)23)20-19(24)22-11-10-13-6-2-5-9-17(13)22/h2-9,12H,10-11H2,1H3,(H,20,24). The van der Waals surface area contributed by atoms with Crippen molar-refractivity contribution in [2.45, 2.75) is 6.42 Å². The molecule has 5 nitrogen and oxygen atoms in total. The number of nitrogens with one attached hydrogen (secondary N) is 1. The number of fused-ring (bicyclic) bond motifs is 2. The second kappa shape index (κ2) is 5.53. The van der Waals surface area contributed by atoms with E-state index in [-0.39, 0.29) is 11.6 Å². The maximum absolute atomic E-state index is 12.7. The molecule has 0 fully saturated rings. The van der Waals surface area contributed by atoms with Gasteiger partial charge in [-0.3, -0.25) is 9.69 Å². The van der Waals surface area contributed by atoms with Crippen molar-refractivity contribution in [3.8, 4) is 0 Å². The van der Waals surface area contributed by atoms with Gasteiger partial charge in [0, 0.05) is 36.2 Å². The first-order chi connectivity index (χ1) is 11.6. The first-order valence-corrected chi connectivity index (χ1v) is 7.90. The number of benzene rings is 2. The van der Waals surface area contributed by atoms with Crippen LogP contribution in [0.5, 0.6) is 0 Å². The molecule has 4 rings (SSSR count). The highest BCUT2D eigenvalue weighted by Gasteiger charge is 2.24. The van der Waals surface area contributed by atoms with Gasteiger partial charge in [0.15, 0.2) is 0 Å². The molecule has 0 spiro atoms. The maximum atomic E-state index is 12.7. The zero-order valence-corrected chi connectivity index (χ0v) is 13.3. The summed E-state index contributed by atoms with van der Waals surface area (Å²) in [6.45, 7) is 0.662. The van der Waals surface area contributed by atoms with Gasteiger partial charge in [-0.05, 0) is 24.1 Å². The topological polar surface area (TPSA) is 54.3 Å². The summed E-state index contributed by atoms with van der Waals surface area (Å²) >= 11 is 0. The molecule has 1 aliphatic rings. The number of nitrogens with zero attached hydrogens (tertiary/aromatic N) is 2. The molecular formula is C19H17N3O2. The number of carbonyl (C=O) groups excluding carboxylic acids is 1. The molecule has 3 aromatic rings. The van der Waals surface area contributed by atoms with Gasteiger partial charge >= 0.3 is 6.03 Å². The van der Waals surface area contributed by atoms with E-state index in [2.05, 4.69) is 5.32 Å². The number of hydrogen-bond acceptors (Lipinski definition) is 2. The molecule has 0 radical (unpaired) electrons. The molecule has 0 unspecified atom stereocenters. The van der Waals surface area contributed by atoms with E-state index in [4.69, 9.17) is 0 Å². The molecule has 0 saturated carbocycles. The van der Waals surface area contributed by atoms with Gasteiger partial charge in [-0.15, -0.1) is 0 Å². The van der Waals surface area contributed by atoms with Gasteiger partial charge in [-0.2, -0.15) is 0 Å². The van der Waals surface area contributed by atoms with Gasteiger partial charge in [0.2, 0.25) is 0 Å². The number of amides is 2. The number of hydrogen-bond donors (Lipinski definition) is 1. The van der Waals surface area contributed by atoms with Gasteiger partial charge in [0.25, 0.3) is 5.56 Å². The van der Waals surface area contributed by atoms with Crippen LogP contribution >= 0.6 is 0 Å². The molecule has 2 amide bonds. The van der Waals surface area contributed by atoms with Crippen LogP contribution in [-0.4, -0.2) is 17.1 Å². The Morgan fingerprint density at radius 3 is 2.58 bits per heavy atom. The summed E-state index contributed by atoms with van der Waals surface area (Å²) in [4.78, 5) is 26.7. The molecule has 24 heavy (non-hydrogen) atoms. The Morgan fingerprint density at radius 1 is 1.04 bits per heavy atom. The maximum Gasteiger partial charge on any atom is 0.326 e. The van der Waals surface area contributed by atoms with Gasteiger partial charge < -0.3 is 9.88 Å². The lowest BCUT2D eigenvalue weighted by Crippen LogP contribution is -2.33. The van der Waals surface area contributed by atoms with Crippen LogP contribution in [0.1, 0.15) is 5.56 Å². The van der Waals surface area contributed by atoms with Crippen molar-refractivity contribution in [1.82, 2.24) is 4.57 Å². The van der Waals surface area contributed by atoms with Crippen molar-refractivity contribution in [2.75, 3.05) is 16.8 Å². The van der Waals surface area contributed by atoms with Crippen molar-refractivity contribution in [3.05, 3.63) is 70.6 Å². The second-order valence-corrected chi connectivity index (χ2v) is 5.96. The van der Waals surface area contributed by atoms with E-state index in [9.17, 15) is 9.59 Å². The minimum atomic E-state index is -0.177. The highest BCUT2D eigenvalue weighted by Crippen LogP contribution is 2.28. The van der Waals surface area contributed by atoms with Crippen LogP contribution in [0.2, 0.25) is 0 Å². The normalized spacial score (nSPS) is 13.1. The summed E-state index contributed by atoms with van der Waals surface area (Å²) in [6.07, 6.45) is 2.53. The van der Waals surface area contributed by atoms with E-state index in [1.807, 2.05) is 42.5 Å². The molecule has 0 atom stereocenters. The molecule has 5 heteroatoms. The largest absolute Gasteiger partial charge is 0.326 e. The van der Waals surface area contributed by atoms with E-state index in [1.54, 1.807) is 24.2 Å². The van der Waals surface area contributed by atoms with Crippen molar-refractivity contribution < 1.29 is 4.79 Å². The van der Waals surface area contributed by atoms with E-state index < -0.39 is 0 Å². The Bertz CT molecular complexity index is 1010.